The summed E-state index contributed by atoms with van der Waals surface area (Å²) in [5.41, 5.74) is 0.492. The van der Waals surface area contributed by atoms with Gasteiger partial charge in [0.2, 0.25) is 0 Å². The molecule has 24 heavy (non-hydrogen) atoms. The summed E-state index contributed by atoms with van der Waals surface area (Å²) in [7, 11) is 0. The summed E-state index contributed by atoms with van der Waals surface area (Å²) >= 11 is 0. The van der Waals surface area contributed by atoms with Crippen LogP contribution in [0.5, 0.6) is 0 Å². The average Bonchev–Trinajstić information content (AvgIpc) is 2.96. The summed E-state index contributed by atoms with van der Waals surface area (Å²) < 4.78 is 6.01. The van der Waals surface area contributed by atoms with Gasteiger partial charge in [-0.25, -0.2) is 0 Å². The van der Waals surface area contributed by atoms with Crippen molar-refractivity contribution in [1.29, 1.82) is 0 Å². The number of hydrogen-bond donors (Lipinski definition) is 1. The standard InChI is InChI=1S/C18H36N4O.ClH/c1-16(2)22-10-11-23-17(13-22)12-20-6-8-21(9-7-20)15-18(3)4-5-19-14-18;/h16-17,19H,4-15H2,1-3H3;1H. The van der Waals surface area contributed by atoms with E-state index in [1.165, 1.54) is 52.2 Å². The molecule has 142 valence electrons. The van der Waals surface area contributed by atoms with E-state index in [2.05, 4.69) is 40.8 Å². The van der Waals surface area contributed by atoms with Gasteiger partial charge in [0.15, 0.2) is 0 Å². The lowest BCUT2D eigenvalue weighted by Crippen LogP contribution is -2.54. The van der Waals surface area contributed by atoms with Crippen molar-refractivity contribution < 1.29 is 4.74 Å². The van der Waals surface area contributed by atoms with Gasteiger partial charge in [0, 0.05) is 64.9 Å². The lowest BCUT2D eigenvalue weighted by Gasteiger charge is -2.41. The van der Waals surface area contributed by atoms with Crippen molar-refractivity contribution in [2.75, 3.05) is 72.1 Å². The van der Waals surface area contributed by atoms with Gasteiger partial charge in [-0.15, -0.1) is 12.4 Å². The van der Waals surface area contributed by atoms with Gasteiger partial charge in [-0.05, 0) is 32.2 Å². The fourth-order valence-electron chi connectivity index (χ4n) is 4.28. The molecule has 0 saturated carbocycles. The minimum Gasteiger partial charge on any atom is -0.374 e. The van der Waals surface area contributed by atoms with Gasteiger partial charge in [0.25, 0.3) is 0 Å². The van der Waals surface area contributed by atoms with Gasteiger partial charge in [0.05, 0.1) is 12.7 Å². The highest BCUT2D eigenvalue weighted by atomic mass is 35.5. The molecule has 0 aromatic carbocycles. The number of nitrogens with one attached hydrogen (secondary N) is 1. The average molecular weight is 361 g/mol. The predicted molar refractivity (Wildman–Crippen MR) is 102 cm³/mol. The van der Waals surface area contributed by atoms with Crippen molar-refractivity contribution in [2.45, 2.75) is 39.3 Å². The minimum absolute atomic E-state index is 0. The maximum atomic E-state index is 6.01. The van der Waals surface area contributed by atoms with Crippen LogP contribution in [-0.4, -0.2) is 98.9 Å². The molecule has 0 aliphatic carbocycles. The maximum Gasteiger partial charge on any atom is 0.0829 e. The lowest BCUT2D eigenvalue weighted by atomic mass is 9.89. The molecule has 6 heteroatoms. The van der Waals surface area contributed by atoms with Crippen LogP contribution in [0.4, 0.5) is 0 Å². The van der Waals surface area contributed by atoms with E-state index in [9.17, 15) is 0 Å². The maximum absolute atomic E-state index is 6.01. The monoisotopic (exact) mass is 360 g/mol. The molecule has 3 rings (SSSR count). The molecule has 5 nitrogen and oxygen atoms in total. The highest BCUT2D eigenvalue weighted by Crippen LogP contribution is 2.26. The summed E-state index contributed by atoms with van der Waals surface area (Å²) in [6.07, 6.45) is 1.72. The molecule has 0 radical (unpaired) electrons. The van der Waals surface area contributed by atoms with Crippen LogP contribution in [0.1, 0.15) is 27.2 Å². The molecule has 0 amide bonds. The molecule has 2 atom stereocenters. The normalized spacial score (nSPS) is 33.8. The number of piperazine rings is 1. The summed E-state index contributed by atoms with van der Waals surface area (Å²) in [4.78, 5) is 7.84. The molecule has 3 heterocycles. The van der Waals surface area contributed by atoms with Gasteiger partial charge in [-0.2, -0.15) is 0 Å². The Bertz CT molecular complexity index is 368. The molecule has 0 aromatic heterocycles. The van der Waals surface area contributed by atoms with E-state index in [1.807, 2.05) is 0 Å². The first-order valence-corrected chi connectivity index (χ1v) is 9.55. The van der Waals surface area contributed by atoms with Crippen LogP contribution in [0, 0.1) is 5.41 Å². The van der Waals surface area contributed by atoms with E-state index >= 15 is 0 Å². The molecule has 0 bridgehead atoms. The van der Waals surface area contributed by atoms with E-state index in [0.29, 0.717) is 17.6 Å². The van der Waals surface area contributed by atoms with Crippen molar-refractivity contribution in [2.24, 2.45) is 5.41 Å². The largest absolute Gasteiger partial charge is 0.374 e. The summed E-state index contributed by atoms with van der Waals surface area (Å²) in [6, 6.07) is 0.638. The Kier molecular flexibility index (Phi) is 7.78. The first-order chi connectivity index (χ1) is 11.0. The van der Waals surface area contributed by atoms with E-state index in [0.717, 1.165) is 26.2 Å². The van der Waals surface area contributed by atoms with Crippen molar-refractivity contribution in [3.63, 3.8) is 0 Å². The zero-order valence-corrected chi connectivity index (χ0v) is 16.6. The van der Waals surface area contributed by atoms with Crippen molar-refractivity contribution in [1.82, 2.24) is 20.0 Å². The topological polar surface area (TPSA) is 31.0 Å². The van der Waals surface area contributed by atoms with Gasteiger partial charge >= 0.3 is 0 Å². The molecule has 0 spiro atoms. The van der Waals surface area contributed by atoms with Crippen molar-refractivity contribution in [3.8, 4) is 0 Å². The van der Waals surface area contributed by atoms with Gasteiger partial charge < -0.3 is 15.0 Å². The second-order valence-electron chi connectivity index (χ2n) is 8.40. The zero-order chi connectivity index (χ0) is 16.3. The molecule has 3 aliphatic rings. The van der Waals surface area contributed by atoms with Crippen LogP contribution in [0.25, 0.3) is 0 Å². The summed E-state index contributed by atoms with van der Waals surface area (Å²) in [5.74, 6) is 0. The van der Waals surface area contributed by atoms with Gasteiger partial charge in [0.1, 0.15) is 0 Å². The molecular formula is C18H37ClN4O. The molecule has 0 aromatic rings. The van der Waals surface area contributed by atoms with Crippen LogP contribution >= 0.6 is 12.4 Å². The molecule has 1 N–H and O–H groups in total. The Morgan fingerprint density at radius 3 is 2.46 bits per heavy atom. The third-order valence-corrected chi connectivity index (χ3v) is 5.89. The SMILES string of the molecule is CC(C)N1CCOC(CN2CCN(CC3(C)CCNC3)CC2)C1.Cl. The number of nitrogens with zero attached hydrogens (tertiary/aromatic N) is 3. The van der Waals surface area contributed by atoms with Crippen LogP contribution in [0.15, 0.2) is 0 Å². The molecule has 3 aliphatic heterocycles. The third-order valence-electron chi connectivity index (χ3n) is 5.89. The smallest absolute Gasteiger partial charge is 0.0829 e. The van der Waals surface area contributed by atoms with Crippen LogP contribution in [0.3, 0.4) is 0 Å². The highest BCUT2D eigenvalue weighted by molar-refractivity contribution is 5.85. The van der Waals surface area contributed by atoms with Crippen LogP contribution < -0.4 is 5.32 Å². The molecule has 3 fully saturated rings. The lowest BCUT2D eigenvalue weighted by molar-refractivity contribution is -0.0571. The first-order valence-electron chi connectivity index (χ1n) is 9.55. The Morgan fingerprint density at radius 2 is 1.83 bits per heavy atom. The first kappa shape index (κ1) is 20.4. The Labute approximate surface area is 154 Å². The Balaban J connectivity index is 0.00000208. The van der Waals surface area contributed by atoms with Crippen molar-refractivity contribution >= 4 is 12.4 Å². The number of ether oxygens (including phenoxy) is 1. The summed E-state index contributed by atoms with van der Waals surface area (Å²) in [5, 5.41) is 3.52. The van der Waals surface area contributed by atoms with Gasteiger partial charge in [-0.1, -0.05) is 6.92 Å². The van der Waals surface area contributed by atoms with E-state index in [-0.39, 0.29) is 12.4 Å². The van der Waals surface area contributed by atoms with Gasteiger partial charge in [-0.3, -0.25) is 9.80 Å². The number of rotatable bonds is 5. The van der Waals surface area contributed by atoms with E-state index < -0.39 is 0 Å². The molecular weight excluding hydrogens is 324 g/mol. The van der Waals surface area contributed by atoms with Crippen molar-refractivity contribution in [3.05, 3.63) is 0 Å². The second kappa shape index (κ2) is 9.15. The molecule has 3 saturated heterocycles. The van der Waals surface area contributed by atoms with E-state index in [4.69, 9.17) is 4.74 Å². The number of halogens is 1. The number of hydrogen-bond acceptors (Lipinski definition) is 5. The Morgan fingerprint density at radius 1 is 1.12 bits per heavy atom. The number of morpholine rings is 1. The fraction of sp³-hybridized carbons (Fsp3) is 1.00. The fourth-order valence-corrected chi connectivity index (χ4v) is 4.28. The predicted octanol–water partition coefficient (Wildman–Crippen LogP) is 1.13. The minimum atomic E-state index is 0. The van der Waals surface area contributed by atoms with Crippen LogP contribution in [-0.2, 0) is 4.74 Å². The Hall–Kier alpha value is 0.0900. The zero-order valence-electron chi connectivity index (χ0n) is 15.8. The highest BCUT2D eigenvalue weighted by Gasteiger charge is 2.32. The summed E-state index contributed by atoms with van der Waals surface area (Å²) in [6.45, 7) is 19.7. The van der Waals surface area contributed by atoms with E-state index in [1.54, 1.807) is 0 Å². The third kappa shape index (κ3) is 5.55. The second-order valence-corrected chi connectivity index (χ2v) is 8.40. The van der Waals surface area contributed by atoms with Crippen LogP contribution in [0.2, 0.25) is 0 Å². The quantitative estimate of drug-likeness (QED) is 0.794. The molecule has 2 unspecified atom stereocenters.